The molecule has 2 rings (SSSR count). The number of nitrogens with zero attached hydrogens (tertiary/aromatic N) is 2. The van der Waals surface area contributed by atoms with Crippen LogP contribution < -0.4 is 10.5 Å². The first-order chi connectivity index (χ1) is 10.3. The highest BCUT2D eigenvalue weighted by atomic mass is 16.5. The lowest BCUT2D eigenvalue weighted by Crippen LogP contribution is -2.07. The molecule has 0 radical (unpaired) electrons. The minimum atomic E-state index is 0.710. The van der Waals surface area contributed by atoms with Crippen molar-refractivity contribution in [1.29, 1.82) is 0 Å². The number of hydrogen-bond donors (Lipinski definition) is 1. The number of ether oxygens (including phenoxy) is 1. The van der Waals surface area contributed by atoms with Crippen molar-refractivity contribution in [3.8, 4) is 5.75 Å². The first kappa shape index (κ1) is 15.8. The molecular formula is C17H27N3O. The van der Waals surface area contributed by atoms with Gasteiger partial charge >= 0.3 is 0 Å². The lowest BCUT2D eigenvalue weighted by molar-refractivity contribution is 0.318. The summed E-state index contributed by atoms with van der Waals surface area (Å²) in [6, 6.07) is 6.24. The van der Waals surface area contributed by atoms with Crippen LogP contribution in [0.2, 0.25) is 0 Å². The van der Waals surface area contributed by atoms with Gasteiger partial charge in [0.25, 0.3) is 0 Å². The number of benzene rings is 1. The quantitative estimate of drug-likeness (QED) is 0.768. The third-order valence-corrected chi connectivity index (χ3v) is 3.61. The predicted octanol–water partition coefficient (Wildman–Crippen LogP) is 3.52. The average molecular weight is 289 g/mol. The Morgan fingerprint density at radius 2 is 2.05 bits per heavy atom. The van der Waals surface area contributed by atoms with Crippen molar-refractivity contribution in [1.82, 2.24) is 9.55 Å². The number of imidazole rings is 1. The van der Waals surface area contributed by atoms with Crippen molar-refractivity contribution in [3.05, 3.63) is 24.0 Å². The van der Waals surface area contributed by atoms with Gasteiger partial charge in [-0.05, 0) is 37.9 Å². The molecule has 0 atom stereocenters. The summed E-state index contributed by atoms with van der Waals surface area (Å²) >= 11 is 0. The van der Waals surface area contributed by atoms with Gasteiger partial charge in [-0.2, -0.15) is 0 Å². The molecule has 0 amide bonds. The third-order valence-electron chi connectivity index (χ3n) is 3.61. The van der Waals surface area contributed by atoms with Gasteiger partial charge in [-0.25, -0.2) is 4.98 Å². The summed E-state index contributed by atoms with van der Waals surface area (Å²) in [5, 5.41) is 0. The molecule has 0 fully saturated rings. The molecule has 1 aromatic heterocycles. The van der Waals surface area contributed by atoms with Crippen LogP contribution in [0.1, 0.15) is 45.4 Å². The number of nitrogens with two attached hydrogens (primary N) is 1. The number of hydrogen-bond acceptors (Lipinski definition) is 3. The van der Waals surface area contributed by atoms with Gasteiger partial charge in [0.15, 0.2) is 0 Å². The van der Waals surface area contributed by atoms with Crippen LogP contribution in [0.3, 0.4) is 0 Å². The van der Waals surface area contributed by atoms with E-state index in [0.29, 0.717) is 6.54 Å². The van der Waals surface area contributed by atoms with E-state index in [0.717, 1.165) is 49.5 Å². The molecule has 4 nitrogen and oxygen atoms in total. The standard InChI is InChI=1S/C17H27N3O/c1-3-5-11-20-16-9-8-14(21-12-4-2)13-15(16)19-17(20)7-6-10-18/h8-9,13H,3-7,10-12,18H2,1-2H3. The first-order valence-corrected chi connectivity index (χ1v) is 8.12. The second kappa shape index (κ2) is 8.03. The highest BCUT2D eigenvalue weighted by Crippen LogP contribution is 2.23. The Labute approximate surface area is 127 Å². The smallest absolute Gasteiger partial charge is 0.121 e. The molecule has 0 unspecified atom stereocenters. The highest BCUT2D eigenvalue weighted by Gasteiger charge is 2.11. The predicted molar refractivity (Wildman–Crippen MR) is 87.8 cm³/mol. The van der Waals surface area contributed by atoms with E-state index in [4.69, 9.17) is 15.5 Å². The van der Waals surface area contributed by atoms with Crippen LogP contribution in [-0.4, -0.2) is 22.7 Å². The molecule has 0 aliphatic heterocycles. The molecule has 0 aliphatic carbocycles. The number of aromatic nitrogens is 2. The van der Waals surface area contributed by atoms with E-state index in [2.05, 4.69) is 36.6 Å². The molecule has 1 heterocycles. The molecule has 0 aliphatic rings. The minimum absolute atomic E-state index is 0.710. The molecular weight excluding hydrogens is 262 g/mol. The van der Waals surface area contributed by atoms with Crippen molar-refractivity contribution in [2.24, 2.45) is 5.73 Å². The van der Waals surface area contributed by atoms with Crippen LogP contribution in [0.15, 0.2) is 18.2 Å². The Morgan fingerprint density at radius 1 is 1.19 bits per heavy atom. The molecule has 2 aromatic rings. The maximum Gasteiger partial charge on any atom is 0.121 e. The summed E-state index contributed by atoms with van der Waals surface area (Å²) in [5.41, 5.74) is 7.88. The molecule has 0 saturated heterocycles. The van der Waals surface area contributed by atoms with Crippen LogP contribution >= 0.6 is 0 Å². The van der Waals surface area contributed by atoms with E-state index in [1.807, 2.05) is 0 Å². The first-order valence-electron chi connectivity index (χ1n) is 8.12. The average Bonchev–Trinajstić information content (AvgIpc) is 2.85. The van der Waals surface area contributed by atoms with Crippen LogP contribution in [0.4, 0.5) is 0 Å². The van der Waals surface area contributed by atoms with Gasteiger partial charge in [0, 0.05) is 19.0 Å². The Bertz CT molecular complexity index is 562. The molecule has 4 heteroatoms. The maximum absolute atomic E-state index is 5.71. The molecule has 0 spiro atoms. The van der Waals surface area contributed by atoms with Gasteiger partial charge < -0.3 is 15.0 Å². The van der Waals surface area contributed by atoms with Gasteiger partial charge in [0.2, 0.25) is 0 Å². The zero-order chi connectivity index (χ0) is 15.1. The summed E-state index contributed by atoms with van der Waals surface area (Å²) in [4.78, 5) is 4.80. The topological polar surface area (TPSA) is 53.1 Å². The summed E-state index contributed by atoms with van der Waals surface area (Å²) < 4.78 is 8.05. The lowest BCUT2D eigenvalue weighted by Gasteiger charge is -2.08. The molecule has 1 aromatic carbocycles. The molecule has 21 heavy (non-hydrogen) atoms. The summed E-state index contributed by atoms with van der Waals surface area (Å²) in [7, 11) is 0. The number of unbranched alkanes of at least 4 members (excludes halogenated alkanes) is 1. The van der Waals surface area contributed by atoms with Gasteiger partial charge in [0.05, 0.1) is 17.6 Å². The Kier molecular flexibility index (Phi) is 6.05. The third kappa shape index (κ3) is 3.97. The minimum Gasteiger partial charge on any atom is -0.494 e. The zero-order valence-electron chi connectivity index (χ0n) is 13.3. The lowest BCUT2D eigenvalue weighted by atomic mass is 10.2. The maximum atomic E-state index is 5.71. The van der Waals surface area contributed by atoms with E-state index in [1.54, 1.807) is 0 Å². The molecule has 116 valence electrons. The molecule has 0 bridgehead atoms. The van der Waals surface area contributed by atoms with Gasteiger partial charge in [-0.15, -0.1) is 0 Å². The normalized spacial score (nSPS) is 11.2. The van der Waals surface area contributed by atoms with Crippen LogP contribution in [0, 0.1) is 0 Å². The number of aryl methyl sites for hydroxylation is 2. The Morgan fingerprint density at radius 3 is 2.76 bits per heavy atom. The number of fused-ring (bicyclic) bond motifs is 1. The van der Waals surface area contributed by atoms with Crippen molar-refractivity contribution in [2.75, 3.05) is 13.2 Å². The van der Waals surface area contributed by atoms with Crippen LogP contribution in [0.25, 0.3) is 11.0 Å². The SMILES string of the molecule is CCCCn1c(CCCN)nc2cc(OCCC)ccc21. The summed E-state index contributed by atoms with van der Waals surface area (Å²) in [6.45, 7) is 6.82. The van der Waals surface area contributed by atoms with Gasteiger partial charge in [0.1, 0.15) is 11.6 Å². The fraction of sp³-hybridized carbons (Fsp3) is 0.588. The Balaban J connectivity index is 2.30. The van der Waals surface area contributed by atoms with E-state index in [-0.39, 0.29) is 0 Å². The van der Waals surface area contributed by atoms with Crippen molar-refractivity contribution < 1.29 is 4.74 Å². The fourth-order valence-corrected chi connectivity index (χ4v) is 2.49. The monoisotopic (exact) mass is 289 g/mol. The summed E-state index contributed by atoms with van der Waals surface area (Å²) in [6.07, 6.45) is 5.31. The van der Waals surface area contributed by atoms with E-state index < -0.39 is 0 Å². The second-order valence-electron chi connectivity index (χ2n) is 5.42. The summed E-state index contributed by atoms with van der Waals surface area (Å²) in [5.74, 6) is 2.06. The van der Waals surface area contributed by atoms with E-state index >= 15 is 0 Å². The highest BCUT2D eigenvalue weighted by molar-refractivity contribution is 5.77. The zero-order valence-corrected chi connectivity index (χ0v) is 13.3. The van der Waals surface area contributed by atoms with E-state index in [1.165, 1.54) is 18.4 Å². The van der Waals surface area contributed by atoms with Crippen molar-refractivity contribution in [2.45, 2.75) is 52.5 Å². The van der Waals surface area contributed by atoms with E-state index in [9.17, 15) is 0 Å². The molecule has 2 N–H and O–H groups in total. The van der Waals surface area contributed by atoms with Crippen LogP contribution in [0.5, 0.6) is 5.75 Å². The van der Waals surface area contributed by atoms with Crippen LogP contribution in [-0.2, 0) is 13.0 Å². The molecule has 0 saturated carbocycles. The van der Waals surface area contributed by atoms with Crippen molar-refractivity contribution >= 4 is 11.0 Å². The Hall–Kier alpha value is -1.55. The van der Waals surface area contributed by atoms with Gasteiger partial charge in [-0.1, -0.05) is 20.3 Å². The van der Waals surface area contributed by atoms with Crippen molar-refractivity contribution in [3.63, 3.8) is 0 Å². The fourth-order valence-electron chi connectivity index (χ4n) is 2.49. The largest absolute Gasteiger partial charge is 0.494 e. The number of rotatable bonds is 9. The second-order valence-corrected chi connectivity index (χ2v) is 5.42. The van der Waals surface area contributed by atoms with Gasteiger partial charge in [-0.3, -0.25) is 0 Å².